The number of nitrogens with one attached hydrogen (secondary N) is 2. The normalized spacial score (nSPS) is 11.5. The van der Waals surface area contributed by atoms with E-state index in [9.17, 15) is 19.7 Å². The Labute approximate surface area is 121 Å². The molecule has 0 saturated carbocycles. The molecule has 0 bridgehead atoms. The summed E-state index contributed by atoms with van der Waals surface area (Å²) in [6, 6.07) is 5.36. The Morgan fingerprint density at radius 2 is 2.14 bits per heavy atom. The number of carbonyl (C=O) groups excluding carboxylic acids is 2. The van der Waals surface area contributed by atoms with E-state index in [0.717, 1.165) is 0 Å². The SMILES string of the molecule is COC(=O)C(CNCc1cccc([N+](=O)[O-])c1)NC(C)=O. The molecule has 0 aromatic heterocycles. The van der Waals surface area contributed by atoms with Gasteiger partial charge >= 0.3 is 5.97 Å². The molecule has 8 nitrogen and oxygen atoms in total. The number of nitrogens with zero attached hydrogens (tertiary/aromatic N) is 1. The number of methoxy groups -OCH3 is 1. The van der Waals surface area contributed by atoms with Gasteiger partial charge in [0.15, 0.2) is 0 Å². The standard InChI is InChI=1S/C13H17N3O5/c1-9(17)15-12(13(18)21-2)8-14-7-10-4-3-5-11(6-10)16(19)20/h3-6,12,14H,7-8H2,1-2H3,(H,15,17). The van der Waals surface area contributed by atoms with Crippen LogP contribution in [-0.4, -0.2) is 36.5 Å². The summed E-state index contributed by atoms with van der Waals surface area (Å²) in [6.07, 6.45) is 0. The van der Waals surface area contributed by atoms with Gasteiger partial charge in [0.1, 0.15) is 6.04 Å². The number of hydrogen-bond donors (Lipinski definition) is 2. The zero-order chi connectivity index (χ0) is 15.8. The molecule has 1 amide bonds. The molecule has 1 aromatic carbocycles. The van der Waals surface area contributed by atoms with Gasteiger partial charge in [0.05, 0.1) is 12.0 Å². The molecule has 2 N–H and O–H groups in total. The molecule has 0 radical (unpaired) electrons. The predicted molar refractivity (Wildman–Crippen MR) is 74.4 cm³/mol. The van der Waals surface area contributed by atoms with E-state index in [1.807, 2.05) is 0 Å². The number of benzene rings is 1. The Hall–Kier alpha value is -2.48. The second-order valence-corrected chi connectivity index (χ2v) is 4.33. The quantitative estimate of drug-likeness (QED) is 0.427. The van der Waals surface area contributed by atoms with Crippen LogP contribution in [0.4, 0.5) is 5.69 Å². The van der Waals surface area contributed by atoms with E-state index in [0.29, 0.717) is 12.1 Å². The molecule has 1 rings (SSSR count). The minimum Gasteiger partial charge on any atom is -0.467 e. The van der Waals surface area contributed by atoms with Gasteiger partial charge in [-0.1, -0.05) is 12.1 Å². The number of esters is 1. The summed E-state index contributed by atoms with van der Waals surface area (Å²) in [6.45, 7) is 1.79. The first-order chi connectivity index (χ1) is 9.93. The minimum absolute atomic E-state index is 0.000629. The molecule has 1 aromatic rings. The van der Waals surface area contributed by atoms with Gasteiger partial charge in [-0.25, -0.2) is 4.79 Å². The fraction of sp³-hybridized carbons (Fsp3) is 0.385. The van der Waals surface area contributed by atoms with Crippen LogP contribution in [-0.2, 0) is 20.9 Å². The lowest BCUT2D eigenvalue weighted by Crippen LogP contribution is -2.46. The van der Waals surface area contributed by atoms with Crippen molar-refractivity contribution in [2.45, 2.75) is 19.5 Å². The third kappa shape index (κ3) is 5.57. The summed E-state index contributed by atoms with van der Waals surface area (Å²) < 4.78 is 4.58. The molecule has 0 aliphatic rings. The lowest BCUT2D eigenvalue weighted by Gasteiger charge is -2.16. The fourth-order valence-electron chi connectivity index (χ4n) is 1.72. The number of nitro groups is 1. The largest absolute Gasteiger partial charge is 0.467 e. The van der Waals surface area contributed by atoms with Crippen molar-refractivity contribution < 1.29 is 19.2 Å². The summed E-state index contributed by atoms with van der Waals surface area (Å²) in [7, 11) is 1.23. The number of carbonyl (C=O) groups is 2. The Kier molecular flexibility index (Phi) is 6.28. The molecule has 21 heavy (non-hydrogen) atoms. The van der Waals surface area contributed by atoms with Crippen molar-refractivity contribution in [1.82, 2.24) is 10.6 Å². The van der Waals surface area contributed by atoms with Crippen molar-refractivity contribution in [3.63, 3.8) is 0 Å². The van der Waals surface area contributed by atoms with Crippen molar-refractivity contribution in [2.24, 2.45) is 0 Å². The van der Waals surface area contributed by atoms with Crippen LogP contribution >= 0.6 is 0 Å². The number of ether oxygens (including phenoxy) is 1. The number of amides is 1. The Bertz CT molecular complexity index is 532. The number of rotatable bonds is 7. The monoisotopic (exact) mass is 295 g/mol. The molecule has 0 heterocycles. The van der Waals surface area contributed by atoms with Crippen LogP contribution in [0.3, 0.4) is 0 Å². The van der Waals surface area contributed by atoms with Crippen LogP contribution in [0.15, 0.2) is 24.3 Å². The summed E-state index contributed by atoms with van der Waals surface area (Å²) in [4.78, 5) is 32.7. The van der Waals surface area contributed by atoms with Crippen LogP contribution in [0.25, 0.3) is 0 Å². The highest BCUT2D eigenvalue weighted by Gasteiger charge is 2.19. The smallest absolute Gasteiger partial charge is 0.329 e. The molecule has 0 aliphatic heterocycles. The highest BCUT2D eigenvalue weighted by molar-refractivity contribution is 5.83. The first-order valence-electron chi connectivity index (χ1n) is 6.23. The Morgan fingerprint density at radius 1 is 1.43 bits per heavy atom. The summed E-state index contributed by atoms with van der Waals surface area (Å²) >= 11 is 0. The van der Waals surface area contributed by atoms with Crippen molar-refractivity contribution in [3.05, 3.63) is 39.9 Å². The van der Waals surface area contributed by atoms with Gasteiger partial charge in [-0.2, -0.15) is 0 Å². The van der Waals surface area contributed by atoms with E-state index in [-0.39, 0.29) is 18.1 Å². The minimum atomic E-state index is -0.800. The molecule has 1 unspecified atom stereocenters. The molecule has 114 valence electrons. The molecular weight excluding hydrogens is 278 g/mol. The lowest BCUT2D eigenvalue weighted by atomic mass is 10.2. The molecular formula is C13H17N3O5. The highest BCUT2D eigenvalue weighted by atomic mass is 16.6. The average Bonchev–Trinajstić information content (AvgIpc) is 2.45. The summed E-state index contributed by atoms with van der Waals surface area (Å²) in [5, 5.41) is 16.1. The van der Waals surface area contributed by atoms with Gasteiger partial charge in [0.2, 0.25) is 5.91 Å². The van der Waals surface area contributed by atoms with Crippen LogP contribution in [0.2, 0.25) is 0 Å². The zero-order valence-electron chi connectivity index (χ0n) is 11.8. The van der Waals surface area contributed by atoms with Crippen molar-refractivity contribution in [1.29, 1.82) is 0 Å². The van der Waals surface area contributed by atoms with Crippen molar-refractivity contribution >= 4 is 17.6 Å². The van der Waals surface area contributed by atoms with E-state index in [4.69, 9.17) is 0 Å². The second-order valence-electron chi connectivity index (χ2n) is 4.33. The van der Waals surface area contributed by atoms with Gasteiger partial charge in [-0.05, 0) is 5.56 Å². The van der Waals surface area contributed by atoms with Crippen LogP contribution in [0, 0.1) is 10.1 Å². The van der Waals surface area contributed by atoms with Crippen LogP contribution < -0.4 is 10.6 Å². The average molecular weight is 295 g/mol. The van der Waals surface area contributed by atoms with E-state index >= 15 is 0 Å². The van der Waals surface area contributed by atoms with Gasteiger partial charge < -0.3 is 15.4 Å². The van der Waals surface area contributed by atoms with E-state index in [1.54, 1.807) is 12.1 Å². The second kappa shape index (κ2) is 7.95. The Balaban J connectivity index is 2.57. The predicted octanol–water partition coefficient (Wildman–Crippen LogP) is 0.362. The van der Waals surface area contributed by atoms with Crippen LogP contribution in [0.1, 0.15) is 12.5 Å². The number of nitro benzene ring substituents is 1. The summed E-state index contributed by atoms with van der Waals surface area (Å²) in [5.74, 6) is -0.903. The first kappa shape index (κ1) is 16.6. The molecule has 0 spiro atoms. The van der Waals surface area contributed by atoms with Crippen molar-refractivity contribution in [3.8, 4) is 0 Å². The summed E-state index contributed by atoms with van der Waals surface area (Å²) in [5.41, 5.74) is 0.705. The van der Waals surface area contributed by atoms with Gasteiger partial charge in [-0.15, -0.1) is 0 Å². The number of non-ortho nitro benzene ring substituents is 1. The fourth-order valence-corrected chi connectivity index (χ4v) is 1.72. The molecule has 8 heteroatoms. The van der Waals surface area contributed by atoms with Gasteiger partial charge in [0.25, 0.3) is 5.69 Å². The highest BCUT2D eigenvalue weighted by Crippen LogP contribution is 2.12. The molecule has 0 saturated heterocycles. The molecule has 0 aliphatic carbocycles. The maximum Gasteiger partial charge on any atom is 0.329 e. The van der Waals surface area contributed by atoms with Crippen LogP contribution in [0.5, 0.6) is 0 Å². The zero-order valence-corrected chi connectivity index (χ0v) is 11.8. The Morgan fingerprint density at radius 3 is 2.71 bits per heavy atom. The molecule has 0 fully saturated rings. The van der Waals surface area contributed by atoms with Gasteiger partial charge in [-0.3, -0.25) is 14.9 Å². The first-order valence-corrected chi connectivity index (χ1v) is 6.23. The van der Waals surface area contributed by atoms with Crippen molar-refractivity contribution in [2.75, 3.05) is 13.7 Å². The van der Waals surface area contributed by atoms with E-state index < -0.39 is 16.9 Å². The maximum absolute atomic E-state index is 11.5. The third-order valence-corrected chi connectivity index (χ3v) is 2.66. The number of hydrogen-bond acceptors (Lipinski definition) is 6. The van der Waals surface area contributed by atoms with E-state index in [2.05, 4.69) is 15.4 Å². The molecule has 1 atom stereocenters. The third-order valence-electron chi connectivity index (χ3n) is 2.66. The lowest BCUT2D eigenvalue weighted by molar-refractivity contribution is -0.384. The topological polar surface area (TPSA) is 111 Å². The van der Waals surface area contributed by atoms with E-state index in [1.165, 1.54) is 26.2 Å². The maximum atomic E-state index is 11.5. The van der Waals surface area contributed by atoms with Gasteiger partial charge in [0, 0.05) is 32.1 Å².